The van der Waals surface area contributed by atoms with E-state index < -0.39 is 24.7 Å². The first-order chi connectivity index (χ1) is 12.3. The van der Waals surface area contributed by atoms with Gasteiger partial charge in [0.1, 0.15) is 6.04 Å². The highest BCUT2D eigenvalue weighted by molar-refractivity contribution is 6.35. The van der Waals surface area contributed by atoms with Gasteiger partial charge in [0.2, 0.25) is 0 Å². The fourth-order valence-corrected chi connectivity index (χ4v) is 3.35. The van der Waals surface area contributed by atoms with E-state index in [0.717, 1.165) is 0 Å². The molecule has 1 aliphatic heterocycles. The minimum absolute atomic E-state index is 0. The Morgan fingerprint density at radius 3 is 2.63 bits per heavy atom. The SMILES string of the molecule is Cc1c(C(=O)NCC(N2CCNCC2)C(F)(F)F)oc2c(Cl)cccc12.Cl. The van der Waals surface area contributed by atoms with Gasteiger partial charge in [0.25, 0.3) is 5.91 Å². The van der Waals surface area contributed by atoms with Crippen LogP contribution in [0.15, 0.2) is 22.6 Å². The first-order valence-corrected chi connectivity index (χ1v) is 8.64. The Morgan fingerprint density at radius 1 is 1.37 bits per heavy atom. The molecule has 2 aromatic rings. The number of hydrogen-bond acceptors (Lipinski definition) is 4. The molecule has 0 aliphatic carbocycles. The van der Waals surface area contributed by atoms with E-state index in [-0.39, 0.29) is 31.3 Å². The van der Waals surface area contributed by atoms with E-state index in [2.05, 4.69) is 10.6 Å². The van der Waals surface area contributed by atoms with Crippen molar-refractivity contribution >= 4 is 40.9 Å². The molecule has 1 aliphatic rings. The lowest BCUT2D eigenvalue weighted by Gasteiger charge is -2.35. The lowest BCUT2D eigenvalue weighted by atomic mass is 10.1. The molecular formula is C17H20Cl2F3N3O2. The molecular weight excluding hydrogens is 406 g/mol. The summed E-state index contributed by atoms with van der Waals surface area (Å²) in [6.45, 7) is 2.67. The topological polar surface area (TPSA) is 57.5 Å². The van der Waals surface area contributed by atoms with Gasteiger partial charge in [-0.1, -0.05) is 23.7 Å². The number of nitrogens with one attached hydrogen (secondary N) is 2. The zero-order chi connectivity index (χ0) is 18.9. The van der Waals surface area contributed by atoms with Gasteiger partial charge in [-0.05, 0) is 13.0 Å². The molecule has 2 heterocycles. The largest absolute Gasteiger partial charge is 0.449 e. The monoisotopic (exact) mass is 425 g/mol. The fraction of sp³-hybridized carbons (Fsp3) is 0.471. The Morgan fingerprint density at radius 2 is 2.04 bits per heavy atom. The first-order valence-electron chi connectivity index (χ1n) is 8.26. The lowest BCUT2D eigenvalue weighted by Crippen LogP contribution is -2.57. The number of carbonyl (C=O) groups is 1. The molecule has 2 N–H and O–H groups in total. The van der Waals surface area contributed by atoms with Crippen molar-refractivity contribution in [1.29, 1.82) is 0 Å². The zero-order valence-electron chi connectivity index (χ0n) is 14.5. The van der Waals surface area contributed by atoms with Gasteiger partial charge in [0.05, 0.1) is 5.02 Å². The summed E-state index contributed by atoms with van der Waals surface area (Å²) < 4.78 is 45.7. The third-order valence-corrected chi connectivity index (χ3v) is 4.85. The number of carbonyl (C=O) groups excluding carboxylic acids is 1. The van der Waals surface area contributed by atoms with Gasteiger partial charge in [-0.3, -0.25) is 9.69 Å². The maximum Gasteiger partial charge on any atom is 0.405 e. The molecule has 1 saturated heterocycles. The van der Waals surface area contributed by atoms with Crippen molar-refractivity contribution in [3.8, 4) is 0 Å². The average molecular weight is 426 g/mol. The summed E-state index contributed by atoms with van der Waals surface area (Å²) in [5.74, 6) is -0.700. The number of halogens is 5. The van der Waals surface area contributed by atoms with Crippen LogP contribution in [0.4, 0.5) is 13.2 Å². The zero-order valence-corrected chi connectivity index (χ0v) is 16.1. The standard InChI is InChI=1S/C17H19ClF3N3O2.ClH/c1-10-11-3-2-4-12(18)15(11)26-14(10)16(25)23-9-13(17(19,20)21)24-7-5-22-6-8-24;/h2-4,13,22H,5-9H2,1H3,(H,23,25);1H. The first kappa shape index (κ1) is 21.8. The van der Waals surface area contributed by atoms with E-state index in [1.807, 2.05) is 0 Å². The summed E-state index contributed by atoms with van der Waals surface area (Å²) in [6, 6.07) is 3.36. The molecule has 0 bridgehead atoms. The average Bonchev–Trinajstić information content (AvgIpc) is 2.93. The Bertz CT molecular complexity index is 805. The minimum atomic E-state index is -4.43. The van der Waals surface area contributed by atoms with Crippen molar-refractivity contribution in [3.63, 3.8) is 0 Å². The van der Waals surface area contributed by atoms with Gasteiger partial charge < -0.3 is 15.1 Å². The second-order valence-corrected chi connectivity index (χ2v) is 6.63. The number of rotatable bonds is 4. The third-order valence-electron chi connectivity index (χ3n) is 4.55. The lowest BCUT2D eigenvalue weighted by molar-refractivity contribution is -0.183. The van der Waals surface area contributed by atoms with Crippen molar-refractivity contribution < 1.29 is 22.4 Å². The predicted octanol–water partition coefficient (Wildman–Crippen LogP) is 3.38. The molecule has 1 unspecified atom stereocenters. The molecule has 1 aromatic heterocycles. The van der Waals surface area contributed by atoms with Gasteiger partial charge in [-0.25, -0.2) is 0 Å². The van der Waals surface area contributed by atoms with Crippen LogP contribution in [0.2, 0.25) is 5.02 Å². The van der Waals surface area contributed by atoms with Crippen LogP contribution in [0.3, 0.4) is 0 Å². The molecule has 1 aromatic carbocycles. The summed E-state index contributed by atoms with van der Waals surface area (Å²) in [6.07, 6.45) is -4.43. The highest BCUT2D eigenvalue weighted by Gasteiger charge is 2.44. The molecule has 150 valence electrons. The molecule has 0 radical (unpaired) electrons. The van der Waals surface area contributed by atoms with E-state index in [0.29, 0.717) is 34.6 Å². The number of alkyl halides is 3. The smallest absolute Gasteiger partial charge is 0.405 e. The number of hydrogen-bond donors (Lipinski definition) is 2. The number of nitrogens with zero attached hydrogens (tertiary/aromatic N) is 1. The minimum Gasteiger partial charge on any atom is -0.449 e. The van der Waals surface area contributed by atoms with Gasteiger partial charge in [-0.2, -0.15) is 13.2 Å². The molecule has 1 atom stereocenters. The van der Waals surface area contributed by atoms with E-state index in [1.54, 1.807) is 25.1 Å². The van der Waals surface area contributed by atoms with E-state index in [4.69, 9.17) is 16.0 Å². The number of piperazine rings is 1. The molecule has 10 heteroatoms. The van der Waals surface area contributed by atoms with Crippen molar-refractivity contribution in [2.24, 2.45) is 0 Å². The van der Waals surface area contributed by atoms with Crippen LogP contribution in [0.1, 0.15) is 16.1 Å². The summed E-state index contributed by atoms with van der Waals surface area (Å²) in [5, 5.41) is 6.39. The van der Waals surface area contributed by atoms with Crippen LogP contribution in [0.25, 0.3) is 11.0 Å². The van der Waals surface area contributed by atoms with Crippen LogP contribution in [-0.2, 0) is 0 Å². The third kappa shape index (κ3) is 4.68. The van der Waals surface area contributed by atoms with Crippen LogP contribution < -0.4 is 10.6 Å². The maximum absolute atomic E-state index is 13.4. The Kier molecular flexibility index (Phi) is 7.02. The fourth-order valence-electron chi connectivity index (χ4n) is 3.14. The highest BCUT2D eigenvalue weighted by Crippen LogP contribution is 2.31. The van der Waals surface area contributed by atoms with Crippen LogP contribution in [0.5, 0.6) is 0 Å². The Hall–Kier alpha value is -1.48. The van der Waals surface area contributed by atoms with Crippen molar-refractivity contribution in [3.05, 3.63) is 34.5 Å². The van der Waals surface area contributed by atoms with Crippen LogP contribution in [-0.4, -0.2) is 55.7 Å². The number of fused-ring (bicyclic) bond motifs is 1. The van der Waals surface area contributed by atoms with Gasteiger partial charge in [0, 0.05) is 43.7 Å². The summed E-state index contributed by atoms with van der Waals surface area (Å²) in [5.41, 5.74) is 0.900. The Labute approximate surface area is 165 Å². The van der Waals surface area contributed by atoms with E-state index >= 15 is 0 Å². The summed E-state index contributed by atoms with van der Waals surface area (Å²) in [7, 11) is 0. The molecule has 1 fully saturated rings. The van der Waals surface area contributed by atoms with E-state index in [9.17, 15) is 18.0 Å². The number of aryl methyl sites for hydroxylation is 1. The molecule has 5 nitrogen and oxygen atoms in total. The normalized spacial score (nSPS) is 16.8. The maximum atomic E-state index is 13.4. The summed E-state index contributed by atoms with van der Waals surface area (Å²) in [4.78, 5) is 13.7. The molecule has 27 heavy (non-hydrogen) atoms. The highest BCUT2D eigenvalue weighted by atomic mass is 35.5. The van der Waals surface area contributed by atoms with Crippen LogP contribution >= 0.6 is 24.0 Å². The van der Waals surface area contributed by atoms with Crippen molar-refractivity contribution in [1.82, 2.24) is 15.5 Å². The number of amides is 1. The van der Waals surface area contributed by atoms with Gasteiger partial charge in [-0.15, -0.1) is 12.4 Å². The van der Waals surface area contributed by atoms with Crippen molar-refractivity contribution in [2.75, 3.05) is 32.7 Å². The predicted molar refractivity (Wildman–Crippen MR) is 99.8 cm³/mol. The van der Waals surface area contributed by atoms with Gasteiger partial charge >= 0.3 is 6.18 Å². The second kappa shape index (κ2) is 8.68. The molecule has 0 saturated carbocycles. The second-order valence-electron chi connectivity index (χ2n) is 6.23. The number of benzene rings is 1. The molecule has 1 amide bonds. The van der Waals surface area contributed by atoms with Crippen molar-refractivity contribution in [2.45, 2.75) is 19.1 Å². The van der Waals surface area contributed by atoms with Crippen LogP contribution in [0, 0.1) is 6.92 Å². The molecule has 3 rings (SSSR count). The number of furan rings is 1. The number of para-hydroxylation sites is 1. The Balaban J connectivity index is 0.00000261. The van der Waals surface area contributed by atoms with E-state index in [1.165, 1.54) is 4.90 Å². The summed E-state index contributed by atoms with van der Waals surface area (Å²) >= 11 is 6.05. The van der Waals surface area contributed by atoms with Gasteiger partial charge in [0.15, 0.2) is 11.3 Å². The quantitative estimate of drug-likeness (QED) is 0.788. The molecule has 0 spiro atoms.